The maximum absolute atomic E-state index is 11.8. The van der Waals surface area contributed by atoms with Crippen LogP contribution in [0.15, 0.2) is 66.7 Å². The highest BCUT2D eigenvalue weighted by Gasteiger charge is 2.23. The van der Waals surface area contributed by atoms with E-state index in [1.807, 2.05) is 47.8 Å². The van der Waals surface area contributed by atoms with Crippen LogP contribution >= 0.6 is 0 Å². The molecule has 192 valence electrons. The largest absolute Gasteiger partial charge is 0.478 e. The molecule has 1 aliphatic heterocycles. The number of hydrogen-bond acceptors (Lipinski definition) is 6. The Balaban J connectivity index is 1.55. The maximum Gasteiger partial charge on any atom is 0.337 e. The lowest BCUT2D eigenvalue weighted by molar-refractivity contribution is 0.0698. The van der Waals surface area contributed by atoms with Crippen LogP contribution in [0, 0.1) is 6.92 Å². The number of piperidine rings is 1. The summed E-state index contributed by atoms with van der Waals surface area (Å²) in [7, 11) is 0. The number of benzene rings is 3. The van der Waals surface area contributed by atoms with Crippen molar-refractivity contribution < 1.29 is 9.90 Å². The number of aromatic nitrogens is 4. The fourth-order valence-electron chi connectivity index (χ4n) is 5.32. The van der Waals surface area contributed by atoms with E-state index in [9.17, 15) is 9.90 Å². The van der Waals surface area contributed by atoms with E-state index in [-0.39, 0.29) is 11.6 Å². The first-order valence-electron chi connectivity index (χ1n) is 13.1. The van der Waals surface area contributed by atoms with Crippen molar-refractivity contribution in [3.8, 4) is 11.4 Å². The van der Waals surface area contributed by atoms with Gasteiger partial charge in [0.2, 0.25) is 5.95 Å². The van der Waals surface area contributed by atoms with Gasteiger partial charge >= 0.3 is 5.97 Å². The van der Waals surface area contributed by atoms with Crippen LogP contribution in [-0.4, -0.2) is 43.7 Å². The molecule has 0 radical (unpaired) electrons. The summed E-state index contributed by atoms with van der Waals surface area (Å²) in [5, 5.41) is 19.0. The predicted molar refractivity (Wildman–Crippen MR) is 150 cm³/mol. The number of fused-ring (bicyclic) bond motifs is 3. The van der Waals surface area contributed by atoms with Crippen LogP contribution in [0.5, 0.6) is 0 Å². The van der Waals surface area contributed by atoms with Crippen LogP contribution in [0.4, 0.5) is 11.6 Å². The Morgan fingerprint density at radius 2 is 1.71 bits per heavy atom. The molecule has 0 unspecified atom stereocenters. The molecule has 1 fully saturated rings. The molecule has 3 aromatic carbocycles. The van der Waals surface area contributed by atoms with Gasteiger partial charge in [0.1, 0.15) is 0 Å². The summed E-state index contributed by atoms with van der Waals surface area (Å²) >= 11 is 0. The molecule has 38 heavy (non-hydrogen) atoms. The smallest absolute Gasteiger partial charge is 0.337 e. The maximum atomic E-state index is 11.8. The zero-order valence-corrected chi connectivity index (χ0v) is 21.6. The van der Waals surface area contributed by atoms with Gasteiger partial charge in [-0.1, -0.05) is 48.5 Å². The number of nitrogens with zero attached hydrogens (tertiary/aromatic N) is 5. The molecule has 8 heteroatoms. The second kappa shape index (κ2) is 9.78. The third-order valence-corrected chi connectivity index (χ3v) is 7.20. The second-order valence-electron chi connectivity index (χ2n) is 9.96. The molecule has 1 atom stereocenters. The van der Waals surface area contributed by atoms with Gasteiger partial charge < -0.3 is 15.3 Å². The molecule has 6 rings (SSSR count). The fourth-order valence-corrected chi connectivity index (χ4v) is 5.32. The third-order valence-electron chi connectivity index (χ3n) is 7.20. The Kier molecular flexibility index (Phi) is 6.15. The molecule has 5 aromatic rings. The Morgan fingerprint density at radius 1 is 0.974 bits per heavy atom. The summed E-state index contributed by atoms with van der Waals surface area (Å²) in [6.07, 6.45) is 3.45. The normalized spacial score (nSPS) is 14.6. The topological polar surface area (TPSA) is 95.6 Å². The van der Waals surface area contributed by atoms with Crippen LogP contribution in [-0.2, 0) is 0 Å². The molecule has 0 amide bonds. The molecule has 0 saturated carbocycles. The first-order chi connectivity index (χ1) is 18.5. The van der Waals surface area contributed by atoms with Crippen LogP contribution < -0.4 is 10.2 Å². The van der Waals surface area contributed by atoms with Crippen molar-refractivity contribution in [2.75, 3.05) is 23.3 Å². The number of carbonyl (C=O) groups is 1. The van der Waals surface area contributed by atoms with Gasteiger partial charge in [0, 0.05) is 35.3 Å². The Bertz CT molecular complexity index is 1640. The zero-order chi connectivity index (χ0) is 26.2. The molecular weight excluding hydrogens is 476 g/mol. The van der Waals surface area contributed by atoms with Gasteiger partial charge in [-0.3, -0.25) is 0 Å². The highest BCUT2D eigenvalue weighted by Crippen LogP contribution is 2.33. The van der Waals surface area contributed by atoms with Crippen molar-refractivity contribution in [3.63, 3.8) is 0 Å². The van der Waals surface area contributed by atoms with Gasteiger partial charge in [0.15, 0.2) is 11.5 Å². The van der Waals surface area contributed by atoms with E-state index in [0.29, 0.717) is 11.5 Å². The number of aromatic carboxylic acids is 1. The molecule has 1 aliphatic rings. The Labute approximate surface area is 221 Å². The molecule has 2 aromatic heterocycles. The summed E-state index contributed by atoms with van der Waals surface area (Å²) in [4.78, 5) is 24.4. The molecule has 0 aliphatic carbocycles. The average Bonchev–Trinajstić information content (AvgIpc) is 3.39. The van der Waals surface area contributed by atoms with Gasteiger partial charge in [0.05, 0.1) is 17.1 Å². The van der Waals surface area contributed by atoms with Gasteiger partial charge in [0.25, 0.3) is 0 Å². The number of para-hydroxylation sites is 1. The number of rotatable bonds is 6. The fraction of sp³-hybridized carbons (Fsp3) is 0.267. The van der Waals surface area contributed by atoms with E-state index < -0.39 is 5.97 Å². The van der Waals surface area contributed by atoms with Gasteiger partial charge in [-0.15, -0.1) is 5.10 Å². The summed E-state index contributed by atoms with van der Waals surface area (Å²) in [5.41, 5.74) is 5.47. The zero-order valence-electron chi connectivity index (χ0n) is 21.6. The van der Waals surface area contributed by atoms with Crippen LogP contribution in [0.25, 0.3) is 27.9 Å². The Morgan fingerprint density at radius 3 is 2.47 bits per heavy atom. The number of anilines is 2. The minimum absolute atomic E-state index is 0.196. The SMILES string of the molecule is Cc1cc([C@@H](C)Nc2ccccc2C(=O)O)c2nc(N3CCCCC3)n3nc(-c4ccccc4)nc3c2c1. The monoisotopic (exact) mass is 506 g/mol. The number of aryl methyl sites for hydroxylation is 1. The number of hydrogen-bond donors (Lipinski definition) is 2. The van der Waals surface area contributed by atoms with Crippen LogP contribution in [0.1, 0.15) is 53.7 Å². The number of nitrogens with one attached hydrogen (secondary N) is 1. The second-order valence-corrected chi connectivity index (χ2v) is 9.96. The van der Waals surface area contributed by atoms with Crippen LogP contribution in [0.2, 0.25) is 0 Å². The molecule has 1 saturated heterocycles. The number of carboxylic acids is 1. The minimum atomic E-state index is -0.960. The lowest BCUT2D eigenvalue weighted by atomic mass is 10.0. The van der Waals surface area contributed by atoms with E-state index in [1.54, 1.807) is 18.2 Å². The van der Waals surface area contributed by atoms with Crippen molar-refractivity contribution in [1.29, 1.82) is 0 Å². The lowest BCUT2D eigenvalue weighted by Gasteiger charge is -2.28. The van der Waals surface area contributed by atoms with Crippen LogP contribution in [0.3, 0.4) is 0 Å². The first-order valence-corrected chi connectivity index (χ1v) is 13.1. The Hall–Kier alpha value is -4.46. The lowest BCUT2D eigenvalue weighted by Crippen LogP contribution is -2.32. The highest BCUT2D eigenvalue weighted by molar-refractivity contribution is 5.97. The van der Waals surface area contributed by atoms with E-state index in [4.69, 9.17) is 15.1 Å². The average molecular weight is 507 g/mol. The molecule has 8 nitrogen and oxygen atoms in total. The van der Waals surface area contributed by atoms with Crippen molar-refractivity contribution in [2.24, 2.45) is 0 Å². The number of carboxylic acid groups (broad SMARTS) is 1. The van der Waals surface area contributed by atoms with Gasteiger partial charge in [-0.2, -0.15) is 4.52 Å². The molecule has 2 N–H and O–H groups in total. The summed E-state index contributed by atoms with van der Waals surface area (Å²) in [6, 6.07) is 21.1. The third kappa shape index (κ3) is 4.32. The first kappa shape index (κ1) is 23.9. The minimum Gasteiger partial charge on any atom is -0.478 e. The van der Waals surface area contributed by atoms with Gasteiger partial charge in [-0.25, -0.2) is 14.8 Å². The quantitative estimate of drug-likeness (QED) is 0.287. The molecule has 0 spiro atoms. The van der Waals surface area contributed by atoms with Crippen molar-refractivity contribution in [2.45, 2.75) is 39.2 Å². The van der Waals surface area contributed by atoms with Crippen molar-refractivity contribution in [1.82, 2.24) is 19.6 Å². The molecule has 0 bridgehead atoms. The van der Waals surface area contributed by atoms with Crippen molar-refractivity contribution >= 4 is 34.2 Å². The molecular formula is C30H30N6O2. The summed E-state index contributed by atoms with van der Waals surface area (Å²) < 4.78 is 1.90. The standard InChI is InChI=1S/C30H30N6O2/c1-19-17-23(20(2)31-25-14-8-7-13-22(25)29(37)38)26-24(18-19)28-33-27(21-11-5-3-6-12-21)34-36(28)30(32-26)35-15-9-4-10-16-35/h3,5-8,11-14,17-18,20,31H,4,9-10,15-16H2,1-2H3,(H,37,38)/t20-/m1/s1. The summed E-state index contributed by atoms with van der Waals surface area (Å²) in [6.45, 7) is 5.95. The highest BCUT2D eigenvalue weighted by atomic mass is 16.4. The van der Waals surface area contributed by atoms with E-state index in [0.717, 1.165) is 65.1 Å². The van der Waals surface area contributed by atoms with Crippen molar-refractivity contribution in [3.05, 3.63) is 83.4 Å². The molecule has 3 heterocycles. The summed E-state index contributed by atoms with van der Waals surface area (Å²) in [5.74, 6) is 0.506. The van der Waals surface area contributed by atoms with E-state index in [1.165, 1.54) is 6.42 Å². The predicted octanol–water partition coefficient (Wildman–Crippen LogP) is 6.11. The van der Waals surface area contributed by atoms with E-state index >= 15 is 0 Å². The van der Waals surface area contributed by atoms with E-state index in [2.05, 4.69) is 29.3 Å². The van der Waals surface area contributed by atoms with Gasteiger partial charge in [-0.05, 0) is 56.9 Å².